The molecule has 0 aliphatic carbocycles. The molecule has 0 saturated carbocycles. The lowest BCUT2D eigenvalue weighted by atomic mass is 10.0. The smallest absolute Gasteiger partial charge is 0.0593 e. The zero-order valence-corrected chi connectivity index (χ0v) is 11.8. The van der Waals surface area contributed by atoms with E-state index < -0.39 is 0 Å². The standard InChI is InChI=1S/C15H20N2S/c1-3-13-8-9-15(18-13)14(17-16)10-12-7-5-4-6-11(12)2/h4-9,14,17H,3,10,16H2,1-2H3. The highest BCUT2D eigenvalue weighted by molar-refractivity contribution is 7.12. The second kappa shape index (κ2) is 6.14. The van der Waals surface area contributed by atoms with Gasteiger partial charge in [0, 0.05) is 9.75 Å². The largest absolute Gasteiger partial charge is 0.271 e. The predicted octanol–water partition coefficient (Wildman–Crippen LogP) is 3.37. The minimum Gasteiger partial charge on any atom is -0.271 e. The number of aryl methyl sites for hydroxylation is 2. The van der Waals surface area contributed by atoms with Gasteiger partial charge in [0.2, 0.25) is 0 Å². The lowest BCUT2D eigenvalue weighted by Crippen LogP contribution is -2.29. The minimum atomic E-state index is 0.205. The molecule has 1 atom stereocenters. The van der Waals surface area contributed by atoms with Crippen LogP contribution >= 0.6 is 11.3 Å². The minimum absolute atomic E-state index is 0.205. The van der Waals surface area contributed by atoms with E-state index in [0.717, 1.165) is 12.8 Å². The number of nitrogens with two attached hydrogens (primary N) is 1. The Morgan fingerprint density at radius 1 is 1.22 bits per heavy atom. The van der Waals surface area contributed by atoms with Gasteiger partial charge in [0.1, 0.15) is 0 Å². The summed E-state index contributed by atoms with van der Waals surface area (Å²) in [5, 5.41) is 0. The highest BCUT2D eigenvalue weighted by atomic mass is 32.1. The van der Waals surface area contributed by atoms with Crippen LogP contribution in [0, 0.1) is 6.92 Å². The highest BCUT2D eigenvalue weighted by Gasteiger charge is 2.13. The monoisotopic (exact) mass is 260 g/mol. The van der Waals surface area contributed by atoms with Gasteiger partial charge in [-0.3, -0.25) is 11.3 Å². The fourth-order valence-electron chi connectivity index (χ4n) is 2.07. The summed E-state index contributed by atoms with van der Waals surface area (Å²) in [6.45, 7) is 4.33. The van der Waals surface area contributed by atoms with E-state index >= 15 is 0 Å². The molecule has 18 heavy (non-hydrogen) atoms. The Labute approximate surface area is 113 Å². The van der Waals surface area contributed by atoms with Crippen LogP contribution in [-0.2, 0) is 12.8 Å². The second-order valence-electron chi connectivity index (χ2n) is 4.51. The third-order valence-corrected chi connectivity index (χ3v) is 4.60. The van der Waals surface area contributed by atoms with Gasteiger partial charge >= 0.3 is 0 Å². The molecule has 3 N–H and O–H groups in total. The van der Waals surface area contributed by atoms with Crippen LogP contribution in [0.15, 0.2) is 36.4 Å². The molecule has 1 aromatic carbocycles. The molecule has 0 aliphatic rings. The van der Waals surface area contributed by atoms with Crippen molar-refractivity contribution in [2.75, 3.05) is 0 Å². The first-order valence-corrected chi connectivity index (χ1v) is 7.15. The molecule has 2 aromatic rings. The summed E-state index contributed by atoms with van der Waals surface area (Å²) >= 11 is 1.85. The number of hydrazine groups is 1. The lowest BCUT2D eigenvalue weighted by Gasteiger charge is -2.15. The molecule has 3 heteroatoms. The van der Waals surface area contributed by atoms with E-state index in [1.54, 1.807) is 0 Å². The zero-order chi connectivity index (χ0) is 13.0. The number of hydrogen-bond donors (Lipinski definition) is 2. The Morgan fingerprint density at radius 3 is 2.61 bits per heavy atom. The van der Waals surface area contributed by atoms with Crippen molar-refractivity contribution in [2.45, 2.75) is 32.7 Å². The molecule has 0 saturated heterocycles. The maximum Gasteiger partial charge on any atom is 0.0593 e. The summed E-state index contributed by atoms with van der Waals surface area (Å²) in [6, 6.07) is 13.1. The van der Waals surface area contributed by atoms with Gasteiger partial charge in [0.05, 0.1) is 6.04 Å². The zero-order valence-electron chi connectivity index (χ0n) is 10.9. The summed E-state index contributed by atoms with van der Waals surface area (Å²) in [7, 11) is 0. The van der Waals surface area contributed by atoms with Crippen LogP contribution < -0.4 is 11.3 Å². The summed E-state index contributed by atoms with van der Waals surface area (Å²) < 4.78 is 0. The molecular weight excluding hydrogens is 240 g/mol. The van der Waals surface area contributed by atoms with Gasteiger partial charge in [-0.1, -0.05) is 31.2 Å². The summed E-state index contributed by atoms with van der Waals surface area (Å²) in [5.41, 5.74) is 5.62. The van der Waals surface area contributed by atoms with E-state index in [4.69, 9.17) is 5.84 Å². The van der Waals surface area contributed by atoms with Gasteiger partial charge < -0.3 is 0 Å². The molecule has 0 fully saturated rings. The average molecular weight is 260 g/mol. The predicted molar refractivity (Wildman–Crippen MR) is 78.6 cm³/mol. The van der Waals surface area contributed by atoms with E-state index in [1.165, 1.54) is 20.9 Å². The van der Waals surface area contributed by atoms with E-state index in [0.29, 0.717) is 0 Å². The van der Waals surface area contributed by atoms with Crippen molar-refractivity contribution >= 4 is 11.3 Å². The van der Waals surface area contributed by atoms with Crippen LogP contribution in [0.4, 0.5) is 0 Å². The topological polar surface area (TPSA) is 38.0 Å². The van der Waals surface area contributed by atoms with Crippen LogP contribution in [0.3, 0.4) is 0 Å². The van der Waals surface area contributed by atoms with Gasteiger partial charge in [-0.05, 0) is 43.0 Å². The first kappa shape index (κ1) is 13.3. The molecule has 2 nitrogen and oxygen atoms in total. The van der Waals surface area contributed by atoms with Crippen molar-refractivity contribution in [2.24, 2.45) is 5.84 Å². The lowest BCUT2D eigenvalue weighted by molar-refractivity contribution is 0.559. The molecule has 0 radical (unpaired) electrons. The van der Waals surface area contributed by atoms with Crippen molar-refractivity contribution in [3.8, 4) is 0 Å². The van der Waals surface area contributed by atoms with Crippen LogP contribution in [0.5, 0.6) is 0 Å². The number of rotatable bonds is 5. The Balaban J connectivity index is 2.17. The Hall–Kier alpha value is -1.16. The van der Waals surface area contributed by atoms with Crippen molar-refractivity contribution in [3.63, 3.8) is 0 Å². The van der Waals surface area contributed by atoms with Crippen LogP contribution in [-0.4, -0.2) is 0 Å². The quantitative estimate of drug-likeness (QED) is 0.639. The fourth-order valence-corrected chi connectivity index (χ4v) is 3.09. The van der Waals surface area contributed by atoms with E-state index in [1.807, 2.05) is 11.3 Å². The summed E-state index contributed by atoms with van der Waals surface area (Å²) in [6.07, 6.45) is 2.03. The third kappa shape index (κ3) is 2.99. The molecular formula is C15H20N2S. The van der Waals surface area contributed by atoms with Gasteiger partial charge in [0.25, 0.3) is 0 Å². The molecule has 0 spiro atoms. The first-order chi connectivity index (χ1) is 8.74. The van der Waals surface area contributed by atoms with Crippen molar-refractivity contribution in [1.82, 2.24) is 5.43 Å². The Bertz CT molecular complexity index is 505. The highest BCUT2D eigenvalue weighted by Crippen LogP contribution is 2.26. The van der Waals surface area contributed by atoms with Crippen LogP contribution in [0.2, 0.25) is 0 Å². The van der Waals surface area contributed by atoms with Crippen LogP contribution in [0.25, 0.3) is 0 Å². The maximum absolute atomic E-state index is 5.71. The normalized spacial score (nSPS) is 12.6. The molecule has 0 amide bonds. The van der Waals surface area contributed by atoms with Crippen molar-refractivity contribution < 1.29 is 0 Å². The summed E-state index contributed by atoms with van der Waals surface area (Å²) in [5.74, 6) is 5.71. The Kier molecular flexibility index (Phi) is 4.53. The first-order valence-electron chi connectivity index (χ1n) is 6.33. The van der Waals surface area contributed by atoms with Crippen molar-refractivity contribution in [3.05, 3.63) is 57.3 Å². The molecule has 1 unspecified atom stereocenters. The number of thiophene rings is 1. The van der Waals surface area contributed by atoms with Gasteiger partial charge in [0.15, 0.2) is 0 Å². The number of nitrogens with one attached hydrogen (secondary N) is 1. The van der Waals surface area contributed by atoms with E-state index in [-0.39, 0.29) is 6.04 Å². The molecule has 1 heterocycles. The molecule has 2 rings (SSSR count). The maximum atomic E-state index is 5.71. The van der Waals surface area contributed by atoms with E-state index in [2.05, 4.69) is 55.7 Å². The molecule has 96 valence electrons. The third-order valence-electron chi connectivity index (χ3n) is 3.26. The van der Waals surface area contributed by atoms with Gasteiger partial charge in [-0.15, -0.1) is 11.3 Å². The van der Waals surface area contributed by atoms with Gasteiger partial charge in [-0.25, -0.2) is 0 Å². The molecule has 1 aromatic heterocycles. The molecule has 0 bridgehead atoms. The van der Waals surface area contributed by atoms with Gasteiger partial charge in [-0.2, -0.15) is 0 Å². The fraction of sp³-hybridized carbons (Fsp3) is 0.333. The average Bonchev–Trinajstić information content (AvgIpc) is 2.86. The Morgan fingerprint density at radius 2 is 2.00 bits per heavy atom. The number of benzene rings is 1. The molecule has 0 aliphatic heterocycles. The SMILES string of the molecule is CCc1ccc(C(Cc2ccccc2C)NN)s1. The van der Waals surface area contributed by atoms with Crippen molar-refractivity contribution in [1.29, 1.82) is 0 Å². The van der Waals surface area contributed by atoms with Crippen LogP contribution in [0.1, 0.15) is 33.8 Å². The van der Waals surface area contributed by atoms with E-state index in [9.17, 15) is 0 Å². The summed E-state index contributed by atoms with van der Waals surface area (Å²) in [4.78, 5) is 2.73. The second-order valence-corrected chi connectivity index (χ2v) is 5.71. The number of hydrogen-bond acceptors (Lipinski definition) is 3.